The van der Waals surface area contributed by atoms with E-state index in [0.717, 1.165) is 23.5 Å². The molecule has 3 heteroatoms. The summed E-state index contributed by atoms with van der Waals surface area (Å²) < 4.78 is 0. The number of aryl methyl sites for hydroxylation is 2. The molecule has 90 valence electrons. The van der Waals surface area contributed by atoms with Gasteiger partial charge in [-0.25, -0.2) is 4.98 Å². The fourth-order valence-corrected chi connectivity index (χ4v) is 3.35. The molecule has 0 amide bonds. The van der Waals surface area contributed by atoms with Crippen LogP contribution in [0, 0.1) is 25.7 Å². The molecule has 1 aliphatic rings. The molecule has 1 aromatic heterocycles. The molecule has 1 fully saturated rings. The van der Waals surface area contributed by atoms with Gasteiger partial charge in [-0.2, -0.15) is 0 Å². The van der Waals surface area contributed by atoms with Crippen LogP contribution < -0.4 is 5.32 Å². The molecule has 1 aliphatic carbocycles. The molecule has 1 heterocycles. The van der Waals surface area contributed by atoms with Crippen molar-refractivity contribution in [3.8, 4) is 0 Å². The van der Waals surface area contributed by atoms with E-state index < -0.39 is 0 Å². The maximum atomic E-state index is 4.52. The van der Waals surface area contributed by atoms with E-state index in [-0.39, 0.29) is 0 Å². The highest BCUT2D eigenvalue weighted by molar-refractivity contribution is 7.15. The van der Waals surface area contributed by atoms with Crippen molar-refractivity contribution in [1.82, 2.24) is 4.98 Å². The summed E-state index contributed by atoms with van der Waals surface area (Å²) in [6.07, 6.45) is 5.60. The Bertz CT molecular complexity index is 326. The Labute approximate surface area is 102 Å². The van der Waals surface area contributed by atoms with Crippen molar-refractivity contribution in [2.75, 3.05) is 11.9 Å². The maximum absolute atomic E-state index is 4.52. The van der Waals surface area contributed by atoms with E-state index in [1.807, 2.05) is 0 Å². The van der Waals surface area contributed by atoms with Gasteiger partial charge in [0.15, 0.2) is 5.13 Å². The zero-order valence-electron chi connectivity index (χ0n) is 10.5. The second kappa shape index (κ2) is 5.17. The first-order valence-electron chi connectivity index (χ1n) is 6.33. The third-order valence-electron chi connectivity index (χ3n) is 3.62. The highest BCUT2D eigenvalue weighted by Crippen LogP contribution is 2.29. The number of nitrogens with zero attached hydrogens (tertiary/aromatic N) is 1. The molecule has 16 heavy (non-hydrogen) atoms. The van der Waals surface area contributed by atoms with E-state index >= 15 is 0 Å². The van der Waals surface area contributed by atoms with Gasteiger partial charge in [-0.3, -0.25) is 0 Å². The third kappa shape index (κ3) is 2.97. The van der Waals surface area contributed by atoms with Crippen molar-refractivity contribution < 1.29 is 0 Å². The van der Waals surface area contributed by atoms with Crippen molar-refractivity contribution in [1.29, 1.82) is 0 Å². The van der Waals surface area contributed by atoms with Gasteiger partial charge in [-0.15, -0.1) is 11.3 Å². The van der Waals surface area contributed by atoms with Crippen molar-refractivity contribution in [2.24, 2.45) is 11.8 Å². The zero-order valence-corrected chi connectivity index (χ0v) is 11.4. The summed E-state index contributed by atoms with van der Waals surface area (Å²) in [6.45, 7) is 7.71. The first-order valence-corrected chi connectivity index (χ1v) is 7.14. The SMILES string of the molecule is Cc1nc(NCC2CCCC(C)C2)sc1C. The summed E-state index contributed by atoms with van der Waals surface area (Å²) in [5.74, 6) is 1.77. The Morgan fingerprint density at radius 2 is 2.19 bits per heavy atom. The summed E-state index contributed by atoms with van der Waals surface area (Å²) in [5.41, 5.74) is 1.17. The summed E-state index contributed by atoms with van der Waals surface area (Å²) >= 11 is 1.78. The summed E-state index contributed by atoms with van der Waals surface area (Å²) in [6, 6.07) is 0. The highest BCUT2D eigenvalue weighted by Gasteiger charge is 2.18. The molecule has 1 saturated carbocycles. The lowest BCUT2D eigenvalue weighted by Crippen LogP contribution is -2.20. The zero-order chi connectivity index (χ0) is 11.5. The molecule has 0 saturated heterocycles. The standard InChI is InChI=1S/C13H22N2S/c1-9-5-4-6-12(7-9)8-14-13-15-10(2)11(3)16-13/h9,12H,4-8H2,1-3H3,(H,14,15). The Morgan fingerprint density at radius 1 is 1.38 bits per heavy atom. The van der Waals surface area contributed by atoms with Crippen LogP contribution in [0.4, 0.5) is 5.13 Å². The van der Waals surface area contributed by atoms with Crippen LogP contribution in [0.2, 0.25) is 0 Å². The average Bonchev–Trinajstić information content (AvgIpc) is 2.56. The fourth-order valence-electron chi connectivity index (χ4n) is 2.53. The maximum Gasteiger partial charge on any atom is 0.183 e. The predicted octanol–water partition coefficient (Wildman–Crippen LogP) is 4.00. The topological polar surface area (TPSA) is 24.9 Å². The van der Waals surface area contributed by atoms with Crippen molar-refractivity contribution in [2.45, 2.75) is 46.5 Å². The van der Waals surface area contributed by atoms with E-state index in [9.17, 15) is 0 Å². The monoisotopic (exact) mass is 238 g/mol. The molecule has 0 aromatic carbocycles. The molecule has 0 aliphatic heterocycles. The number of thiazole rings is 1. The highest BCUT2D eigenvalue weighted by atomic mass is 32.1. The van der Waals surface area contributed by atoms with E-state index in [0.29, 0.717) is 0 Å². The molecule has 2 atom stereocenters. The van der Waals surface area contributed by atoms with Gasteiger partial charge in [0.25, 0.3) is 0 Å². The number of anilines is 1. The van der Waals surface area contributed by atoms with E-state index in [1.54, 1.807) is 11.3 Å². The first-order chi connectivity index (χ1) is 7.65. The van der Waals surface area contributed by atoms with Crippen LogP contribution >= 0.6 is 11.3 Å². The Hall–Kier alpha value is -0.570. The number of rotatable bonds is 3. The summed E-state index contributed by atoms with van der Waals surface area (Å²) in [5, 5.41) is 4.61. The minimum atomic E-state index is 0.855. The Balaban J connectivity index is 1.82. The number of hydrogen-bond donors (Lipinski definition) is 1. The van der Waals surface area contributed by atoms with Gasteiger partial charge in [-0.05, 0) is 38.5 Å². The second-order valence-electron chi connectivity index (χ2n) is 5.18. The molecule has 0 bridgehead atoms. The predicted molar refractivity (Wildman–Crippen MR) is 71.2 cm³/mol. The van der Waals surface area contributed by atoms with Crippen LogP contribution in [0.15, 0.2) is 0 Å². The molecule has 2 unspecified atom stereocenters. The van der Waals surface area contributed by atoms with Crippen molar-refractivity contribution in [3.05, 3.63) is 10.6 Å². The van der Waals surface area contributed by atoms with Gasteiger partial charge < -0.3 is 5.32 Å². The normalized spacial score (nSPS) is 25.7. The van der Waals surface area contributed by atoms with Crippen LogP contribution in [0.5, 0.6) is 0 Å². The van der Waals surface area contributed by atoms with Crippen LogP contribution in [-0.2, 0) is 0 Å². The minimum Gasteiger partial charge on any atom is -0.361 e. The largest absolute Gasteiger partial charge is 0.361 e. The van der Waals surface area contributed by atoms with Gasteiger partial charge in [-0.1, -0.05) is 19.8 Å². The number of aromatic nitrogens is 1. The van der Waals surface area contributed by atoms with Crippen LogP contribution in [0.1, 0.15) is 43.2 Å². The molecule has 1 N–H and O–H groups in total. The van der Waals surface area contributed by atoms with Gasteiger partial charge in [0.1, 0.15) is 0 Å². The molecular formula is C13H22N2S. The van der Waals surface area contributed by atoms with Gasteiger partial charge in [0.2, 0.25) is 0 Å². The summed E-state index contributed by atoms with van der Waals surface area (Å²) in [4.78, 5) is 5.85. The fraction of sp³-hybridized carbons (Fsp3) is 0.769. The third-order valence-corrected chi connectivity index (χ3v) is 4.65. The first kappa shape index (κ1) is 11.9. The lowest BCUT2D eigenvalue weighted by atomic mass is 9.82. The Kier molecular flexibility index (Phi) is 3.85. The molecule has 1 aromatic rings. The van der Waals surface area contributed by atoms with Crippen molar-refractivity contribution >= 4 is 16.5 Å². The van der Waals surface area contributed by atoms with E-state index in [2.05, 4.69) is 31.1 Å². The number of hydrogen-bond acceptors (Lipinski definition) is 3. The Morgan fingerprint density at radius 3 is 2.81 bits per heavy atom. The second-order valence-corrected chi connectivity index (χ2v) is 6.38. The van der Waals surface area contributed by atoms with E-state index in [1.165, 1.54) is 36.3 Å². The minimum absolute atomic E-state index is 0.855. The quantitative estimate of drug-likeness (QED) is 0.861. The smallest absolute Gasteiger partial charge is 0.183 e. The van der Waals surface area contributed by atoms with Crippen LogP contribution in [0.3, 0.4) is 0 Å². The molecule has 2 nitrogen and oxygen atoms in total. The molecule has 2 rings (SSSR count). The lowest BCUT2D eigenvalue weighted by molar-refractivity contribution is 0.293. The van der Waals surface area contributed by atoms with Crippen molar-refractivity contribution in [3.63, 3.8) is 0 Å². The van der Waals surface area contributed by atoms with Crippen LogP contribution in [0.25, 0.3) is 0 Å². The molecular weight excluding hydrogens is 216 g/mol. The van der Waals surface area contributed by atoms with Gasteiger partial charge >= 0.3 is 0 Å². The molecule has 0 radical (unpaired) electrons. The van der Waals surface area contributed by atoms with E-state index in [4.69, 9.17) is 0 Å². The lowest BCUT2D eigenvalue weighted by Gasteiger charge is -2.26. The molecule has 0 spiro atoms. The van der Waals surface area contributed by atoms with Gasteiger partial charge in [0, 0.05) is 11.4 Å². The van der Waals surface area contributed by atoms with Gasteiger partial charge in [0.05, 0.1) is 5.69 Å². The number of nitrogens with one attached hydrogen (secondary N) is 1. The summed E-state index contributed by atoms with van der Waals surface area (Å²) in [7, 11) is 0. The average molecular weight is 238 g/mol. The van der Waals surface area contributed by atoms with Crippen LogP contribution in [-0.4, -0.2) is 11.5 Å².